The fraction of sp³-hybridized carbons (Fsp3) is 0.0833. The predicted octanol–water partition coefficient (Wildman–Crippen LogP) is 12.2. The summed E-state index contributed by atoms with van der Waals surface area (Å²) in [5, 5.41) is 4.33. The van der Waals surface area contributed by atoms with Gasteiger partial charge in [0.25, 0.3) is 0 Å². The summed E-state index contributed by atoms with van der Waals surface area (Å²) in [6.07, 6.45) is 4.00. The van der Waals surface area contributed by atoms with E-state index in [1.807, 2.05) is 24.4 Å². The lowest BCUT2D eigenvalue weighted by atomic mass is 9.88. The molecule has 0 spiro atoms. The highest BCUT2D eigenvalue weighted by Gasteiger charge is 2.24. The molecule has 56 heavy (non-hydrogen) atoms. The number of rotatable bonds is 4. The van der Waals surface area contributed by atoms with Gasteiger partial charge in [-0.25, -0.2) is 9.97 Å². The standard InChI is InChI=1S/C48H34N6O2/c1-48(2,3)29-24-25-49-42(26-29)53-35-16-9-7-14-32(35)33-21-20-31(27-39(33)53)55-43-28-51-46-38(54-36-17-10-8-15-34(36)50-47(51)54)22-23-41-45(46)44-37(18-11-19-40(44)56-41)52(43)30-12-5-4-6-13-30/h4-28H,1-3H3. The van der Waals surface area contributed by atoms with Gasteiger partial charge in [0.2, 0.25) is 11.7 Å². The number of hydrogen-bond acceptors (Lipinski definition) is 4. The Labute approximate surface area is 320 Å². The predicted molar refractivity (Wildman–Crippen MR) is 225 cm³/mol. The number of nitrogens with zero attached hydrogens (tertiary/aromatic N) is 6. The first-order chi connectivity index (χ1) is 27.4. The van der Waals surface area contributed by atoms with Crippen molar-refractivity contribution in [2.75, 3.05) is 0 Å². The normalized spacial score (nSPS) is 12.6. The minimum atomic E-state index is -0.0334. The van der Waals surface area contributed by atoms with E-state index in [1.54, 1.807) is 0 Å². The van der Waals surface area contributed by atoms with Crippen molar-refractivity contribution in [1.82, 2.24) is 27.9 Å². The van der Waals surface area contributed by atoms with Crippen molar-refractivity contribution in [2.45, 2.75) is 26.2 Å². The molecule has 0 saturated carbocycles. The van der Waals surface area contributed by atoms with Crippen LogP contribution in [-0.4, -0.2) is 27.9 Å². The van der Waals surface area contributed by atoms with Crippen LogP contribution >= 0.6 is 0 Å². The van der Waals surface area contributed by atoms with Crippen LogP contribution in [0.4, 0.5) is 0 Å². The van der Waals surface area contributed by atoms with Gasteiger partial charge in [-0.15, -0.1) is 0 Å². The van der Waals surface area contributed by atoms with E-state index in [0.717, 1.165) is 88.6 Å². The molecule has 0 N–H and O–H groups in total. The van der Waals surface area contributed by atoms with Crippen molar-refractivity contribution in [1.29, 1.82) is 0 Å². The van der Waals surface area contributed by atoms with Crippen LogP contribution in [0.25, 0.3) is 88.6 Å². The smallest absolute Gasteiger partial charge is 0.221 e. The zero-order chi connectivity index (χ0) is 37.3. The fourth-order valence-electron chi connectivity index (χ4n) is 8.70. The second-order valence-electron chi connectivity index (χ2n) is 15.6. The monoisotopic (exact) mass is 726 g/mol. The molecular formula is C48H34N6O2. The maximum Gasteiger partial charge on any atom is 0.221 e. The topological polar surface area (TPSA) is 66.8 Å². The Morgan fingerprint density at radius 1 is 0.607 bits per heavy atom. The number of pyridine rings is 1. The zero-order valence-corrected chi connectivity index (χ0v) is 30.9. The van der Waals surface area contributed by atoms with E-state index in [-0.39, 0.29) is 5.41 Å². The van der Waals surface area contributed by atoms with Crippen LogP contribution in [0.15, 0.2) is 156 Å². The Kier molecular flexibility index (Phi) is 6.17. The molecule has 0 fully saturated rings. The summed E-state index contributed by atoms with van der Waals surface area (Å²) in [6, 6.07) is 48.3. The molecule has 268 valence electrons. The van der Waals surface area contributed by atoms with Crippen molar-refractivity contribution >= 4 is 77.1 Å². The maximum absolute atomic E-state index is 7.24. The largest absolute Gasteiger partial charge is 0.456 e. The Morgan fingerprint density at radius 3 is 2.25 bits per heavy atom. The lowest BCUT2D eigenvalue weighted by molar-refractivity contribution is 0.450. The number of benzene rings is 6. The highest BCUT2D eigenvalue weighted by molar-refractivity contribution is 6.23. The number of imidazole rings is 2. The van der Waals surface area contributed by atoms with Crippen molar-refractivity contribution in [2.24, 2.45) is 0 Å². The first kappa shape index (κ1) is 31.1. The molecule has 6 aromatic heterocycles. The van der Waals surface area contributed by atoms with Crippen molar-refractivity contribution in [3.8, 4) is 23.1 Å². The van der Waals surface area contributed by atoms with E-state index in [4.69, 9.17) is 19.1 Å². The second-order valence-corrected chi connectivity index (χ2v) is 15.6. The van der Waals surface area contributed by atoms with Crippen LogP contribution in [0.5, 0.6) is 11.6 Å². The molecule has 6 heterocycles. The molecule has 0 bridgehead atoms. The van der Waals surface area contributed by atoms with E-state index in [2.05, 4.69) is 166 Å². The molecule has 0 radical (unpaired) electrons. The molecule has 12 rings (SSSR count). The van der Waals surface area contributed by atoms with Gasteiger partial charge in [-0.3, -0.25) is 17.9 Å². The third-order valence-corrected chi connectivity index (χ3v) is 11.3. The first-order valence-corrected chi connectivity index (χ1v) is 18.9. The van der Waals surface area contributed by atoms with E-state index < -0.39 is 0 Å². The van der Waals surface area contributed by atoms with E-state index in [0.29, 0.717) is 11.6 Å². The van der Waals surface area contributed by atoms with Crippen LogP contribution in [0.2, 0.25) is 0 Å². The number of ether oxygens (including phenoxy) is 1. The van der Waals surface area contributed by atoms with Gasteiger partial charge >= 0.3 is 0 Å². The second kappa shape index (κ2) is 11.1. The van der Waals surface area contributed by atoms with Gasteiger partial charge in [-0.1, -0.05) is 75.4 Å². The summed E-state index contributed by atoms with van der Waals surface area (Å²) in [5.74, 6) is 2.95. The van der Waals surface area contributed by atoms with E-state index in [1.165, 1.54) is 5.56 Å². The Morgan fingerprint density at radius 2 is 1.38 bits per heavy atom. The van der Waals surface area contributed by atoms with Crippen LogP contribution < -0.4 is 4.74 Å². The van der Waals surface area contributed by atoms with Gasteiger partial charge in [0.1, 0.15) is 22.7 Å². The van der Waals surface area contributed by atoms with Gasteiger partial charge in [-0.05, 0) is 89.8 Å². The average Bonchev–Trinajstić information content (AvgIpc) is 3.95. The Balaban J connectivity index is 1.19. The van der Waals surface area contributed by atoms with Crippen LogP contribution in [0.3, 0.4) is 0 Å². The highest BCUT2D eigenvalue weighted by atomic mass is 16.5. The van der Waals surface area contributed by atoms with Crippen LogP contribution in [0.1, 0.15) is 26.3 Å². The summed E-state index contributed by atoms with van der Waals surface area (Å²) >= 11 is 0. The van der Waals surface area contributed by atoms with E-state index in [9.17, 15) is 0 Å². The number of furan rings is 1. The third kappa shape index (κ3) is 4.29. The molecule has 0 unspecified atom stereocenters. The zero-order valence-electron chi connectivity index (χ0n) is 30.9. The molecule has 0 aliphatic heterocycles. The minimum absolute atomic E-state index is 0.0334. The van der Waals surface area contributed by atoms with Crippen molar-refractivity contribution in [3.63, 3.8) is 0 Å². The van der Waals surface area contributed by atoms with Crippen LogP contribution in [-0.2, 0) is 5.41 Å². The molecule has 0 aliphatic carbocycles. The van der Waals surface area contributed by atoms with Gasteiger partial charge in [-0.2, -0.15) is 0 Å². The maximum atomic E-state index is 7.24. The summed E-state index contributed by atoms with van der Waals surface area (Å²) in [4.78, 5) is 10.1. The summed E-state index contributed by atoms with van der Waals surface area (Å²) in [5.41, 5.74) is 10.8. The summed E-state index contributed by atoms with van der Waals surface area (Å²) < 4.78 is 22.7. The molecule has 0 aliphatic rings. The van der Waals surface area contributed by atoms with Gasteiger partial charge in [0, 0.05) is 28.7 Å². The summed E-state index contributed by atoms with van der Waals surface area (Å²) in [6.45, 7) is 6.70. The number of para-hydroxylation sites is 4. The van der Waals surface area contributed by atoms with Crippen LogP contribution in [0, 0.1) is 0 Å². The number of hydrogen-bond donors (Lipinski definition) is 0. The lowest BCUT2D eigenvalue weighted by Crippen LogP contribution is -2.12. The Hall–Kier alpha value is -7.32. The summed E-state index contributed by atoms with van der Waals surface area (Å²) in [7, 11) is 0. The number of aromatic nitrogens is 6. The molecular weight excluding hydrogens is 693 g/mol. The third-order valence-electron chi connectivity index (χ3n) is 11.3. The molecule has 0 atom stereocenters. The van der Waals surface area contributed by atoms with Gasteiger partial charge in [0.05, 0.1) is 55.6 Å². The van der Waals surface area contributed by atoms with Gasteiger partial charge in [0.15, 0.2) is 0 Å². The van der Waals surface area contributed by atoms with Crippen molar-refractivity contribution in [3.05, 3.63) is 157 Å². The molecule has 6 aromatic carbocycles. The fourth-order valence-corrected chi connectivity index (χ4v) is 8.70. The molecule has 0 saturated heterocycles. The van der Waals surface area contributed by atoms with E-state index >= 15 is 0 Å². The lowest BCUT2D eigenvalue weighted by Gasteiger charge is -2.20. The molecule has 12 aromatic rings. The minimum Gasteiger partial charge on any atom is -0.456 e. The van der Waals surface area contributed by atoms with Gasteiger partial charge < -0.3 is 9.15 Å². The SMILES string of the molecule is CC(C)(C)c1ccnc(-n2c3ccccc3c3ccc(Oc4cn5c6c7c(ccc6n6c8ccccc8nc56)oc5cccc(c57)n4-c4ccccc4)cc32)c1. The van der Waals surface area contributed by atoms with Crippen molar-refractivity contribution < 1.29 is 9.15 Å². The molecule has 8 heteroatoms. The highest BCUT2D eigenvalue weighted by Crippen LogP contribution is 2.42. The quantitative estimate of drug-likeness (QED) is 0.181. The molecule has 8 nitrogen and oxygen atoms in total. The number of fused-ring (bicyclic) bond motifs is 8. The molecule has 0 amide bonds. The average molecular weight is 727 g/mol. The first-order valence-electron chi connectivity index (χ1n) is 18.9. The Bertz CT molecular complexity index is 3550.